The summed E-state index contributed by atoms with van der Waals surface area (Å²) in [5, 5.41) is 8.98. The van der Waals surface area contributed by atoms with Gasteiger partial charge in [0.15, 0.2) is 0 Å². The molecule has 0 bridgehead atoms. The van der Waals surface area contributed by atoms with E-state index in [1.165, 1.54) is 4.90 Å². The summed E-state index contributed by atoms with van der Waals surface area (Å²) in [5.41, 5.74) is -0.229. The highest BCUT2D eigenvalue weighted by atomic mass is 32.2. The van der Waals surface area contributed by atoms with Gasteiger partial charge < -0.3 is 9.84 Å². The van der Waals surface area contributed by atoms with E-state index in [0.29, 0.717) is 19.4 Å². The molecule has 112 valence electrons. The third-order valence-electron chi connectivity index (χ3n) is 3.82. The summed E-state index contributed by atoms with van der Waals surface area (Å²) in [5.74, 6) is 1.90. The van der Waals surface area contributed by atoms with E-state index in [2.05, 4.69) is 0 Å². The summed E-state index contributed by atoms with van der Waals surface area (Å²) < 4.78 is 43.6. The Morgan fingerprint density at radius 2 is 2.21 bits per heavy atom. The molecule has 2 heterocycles. The molecule has 0 aromatic rings. The number of aliphatic hydroxyl groups is 1. The number of thioether (sulfide) groups is 1. The minimum Gasteiger partial charge on any atom is -0.395 e. The number of aliphatic hydroxyl groups excluding tert-OH is 1. The van der Waals surface area contributed by atoms with Crippen LogP contribution in [-0.2, 0) is 4.74 Å². The van der Waals surface area contributed by atoms with E-state index in [9.17, 15) is 13.2 Å². The van der Waals surface area contributed by atoms with Crippen LogP contribution >= 0.6 is 11.8 Å². The van der Waals surface area contributed by atoms with Crippen molar-refractivity contribution < 1.29 is 23.0 Å². The molecule has 0 amide bonds. The third kappa shape index (κ3) is 4.24. The first-order chi connectivity index (χ1) is 8.94. The van der Waals surface area contributed by atoms with Gasteiger partial charge in [-0.3, -0.25) is 4.90 Å². The van der Waals surface area contributed by atoms with Crippen LogP contribution in [0.3, 0.4) is 0 Å². The molecule has 0 aromatic carbocycles. The van der Waals surface area contributed by atoms with Gasteiger partial charge >= 0.3 is 6.18 Å². The summed E-state index contributed by atoms with van der Waals surface area (Å²) in [6, 6.07) is -0.138. The SMILES string of the molecule is OCCN(CC(F)(F)F)C1CCOC2(CCSC2)C1. The van der Waals surface area contributed by atoms with Gasteiger partial charge in [0.1, 0.15) is 0 Å². The lowest BCUT2D eigenvalue weighted by molar-refractivity contribution is -0.164. The molecule has 1 spiro atoms. The van der Waals surface area contributed by atoms with Gasteiger partial charge in [0.25, 0.3) is 0 Å². The predicted octanol–water partition coefficient (Wildman–Crippen LogP) is 1.90. The Hall–Kier alpha value is 0.0200. The highest BCUT2D eigenvalue weighted by Gasteiger charge is 2.43. The molecule has 2 atom stereocenters. The highest BCUT2D eigenvalue weighted by molar-refractivity contribution is 7.99. The molecule has 19 heavy (non-hydrogen) atoms. The monoisotopic (exact) mass is 299 g/mol. The first-order valence-electron chi connectivity index (χ1n) is 6.57. The number of rotatable bonds is 4. The van der Waals surface area contributed by atoms with Crippen molar-refractivity contribution >= 4 is 11.8 Å². The van der Waals surface area contributed by atoms with E-state index >= 15 is 0 Å². The van der Waals surface area contributed by atoms with Crippen molar-refractivity contribution in [3.05, 3.63) is 0 Å². The molecule has 2 saturated heterocycles. The smallest absolute Gasteiger partial charge is 0.395 e. The lowest BCUT2D eigenvalue weighted by Gasteiger charge is -2.42. The molecule has 2 aliphatic rings. The van der Waals surface area contributed by atoms with Crippen molar-refractivity contribution in [2.24, 2.45) is 0 Å². The summed E-state index contributed by atoms with van der Waals surface area (Å²) in [7, 11) is 0. The molecule has 0 saturated carbocycles. The number of nitrogens with zero attached hydrogens (tertiary/aromatic N) is 1. The van der Waals surface area contributed by atoms with Crippen molar-refractivity contribution in [3.63, 3.8) is 0 Å². The lowest BCUT2D eigenvalue weighted by Crippen LogP contribution is -2.51. The van der Waals surface area contributed by atoms with Crippen LogP contribution in [0, 0.1) is 0 Å². The van der Waals surface area contributed by atoms with Crippen LogP contribution in [0.15, 0.2) is 0 Å². The van der Waals surface area contributed by atoms with E-state index in [1.54, 1.807) is 11.8 Å². The zero-order chi connectivity index (χ0) is 13.9. The van der Waals surface area contributed by atoms with E-state index in [4.69, 9.17) is 9.84 Å². The Labute approximate surface area is 115 Å². The maximum absolute atomic E-state index is 12.6. The average Bonchev–Trinajstić information content (AvgIpc) is 2.75. The van der Waals surface area contributed by atoms with Gasteiger partial charge in [-0.1, -0.05) is 0 Å². The number of hydrogen-bond donors (Lipinski definition) is 1. The third-order valence-corrected chi connectivity index (χ3v) is 5.04. The van der Waals surface area contributed by atoms with Crippen LogP contribution in [0.25, 0.3) is 0 Å². The van der Waals surface area contributed by atoms with Crippen molar-refractivity contribution in [1.82, 2.24) is 4.90 Å². The van der Waals surface area contributed by atoms with Crippen molar-refractivity contribution in [1.29, 1.82) is 0 Å². The molecule has 0 aliphatic carbocycles. The fourth-order valence-corrected chi connectivity index (χ4v) is 4.30. The van der Waals surface area contributed by atoms with Gasteiger partial charge in [-0.2, -0.15) is 24.9 Å². The number of alkyl halides is 3. The van der Waals surface area contributed by atoms with Gasteiger partial charge in [-0.05, 0) is 25.0 Å². The molecular formula is C12H20F3NO2S. The Balaban J connectivity index is 1.99. The molecule has 0 aromatic heterocycles. The second-order valence-electron chi connectivity index (χ2n) is 5.29. The van der Waals surface area contributed by atoms with Crippen LogP contribution in [0.1, 0.15) is 19.3 Å². The Bertz CT molecular complexity index is 295. The Kier molecular flexibility index (Phi) is 5.03. The highest BCUT2D eigenvalue weighted by Crippen LogP contribution is 2.39. The fraction of sp³-hybridized carbons (Fsp3) is 1.00. The Morgan fingerprint density at radius 3 is 2.79 bits per heavy atom. The predicted molar refractivity (Wildman–Crippen MR) is 68.4 cm³/mol. The minimum atomic E-state index is -4.22. The van der Waals surface area contributed by atoms with Crippen LogP contribution < -0.4 is 0 Å². The molecule has 2 fully saturated rings. The van der Waals surface area contributed by atoms with Gasteiger partial charge in [0.05, 0.1) is 18.8 Å². The van der Waals surface area contributed by atoms with Crippen molar-refractivity contribution in [2.45, 2.75) is 37.1 Å². The van der Waals surface area contributed by atoms with E-state index in [-0.39, 0.29) is 24.8 Å². The quantitative estimate of drug-likeness (QED) is 0.859. The van der Waals surface area contributed by atoms with Crippen molar-refractivity contribution in [2.75, 3.05) is 37.8 Å². The van der Waals surface area contributed by atoms with Crippen LogP contribution in [0.2, 0.25) is 0 Å². The van der Waals surface area contributed by atoms with Crippen molar-refractivity contribution in [3.8, 4) is 0 Å². The van der Waals surface area contributed by atoms with E-state index in [1.807, 2.05) is 0 Å². The molecule has 2 aliphatic heterocycles. The van der Waals surface area contributed by atoms with E-state index in [0.717, 1.165) is 17.9 Å². The second kappa shape index (κ2) is 6.20. The maximum atomic E-state index is 12.6. The Morgan fingerprint density at radius 1 is 1.42 bits per heavy atom. The lowest BCUT2D eigenvalue weighted by atomic mass is 9.89. The fourth-order valence-electron chi connectivity index (χ4n) is 2.93. The number of ether oxygens (including phenoxy) is 1. The first-order valence-corrected chi connectivity index (χ1v) is 7.73. The molecule has 1 N–H and O–H groups in total. The van der Waals surface area contributed by atoms with Gasteiger partial charge in [0, 0.05) is 24.9 Å². The zero-order valence-corrected chi connectivity index (χ0v) is 11.6. The molecule has 3 nitrogen and oxygen atoms in total. The topological polar surface area (TPSA) is 32.7 Å². The minimum absolute atomic E-state index is 0.0768. The molecule has 7 heteroatoms. The zero-order valence-electron chi connectivity index (χ0n) is 10.8. The summed E-state index contributed by atoms with van der Waals surface area (Å²) in [6.45, 7) is -0.588. The first kappa shape index (κ1) is 15.4. The molecule has 2 rings (SSSR count). The molecule has 2 unspecified atom stereocenters. The summed E-state index contributed by atoms with van der Waals surface area (Å²) in [6.07, 6.45) is -2.03. The summed E-state index contributed by atoms with van der Waals surface area (Å²) in [4.78, 5) is 1.37. The van der Waals surface area contributed by atoms with Gasteiger partial charge in [0.2, 0.25) is 0 Å². The van der Waals surface area contributed by atoms with Crippen LogP contribution in [-0.4, -0.2) is 65.6 Å². The van der Waals surface area contributed by atoms with Crippen LogP contribution in [0.5, 0.6) is 0 Å². The standard InChI is InChI=1S/C12H20F3NO2S/c13-12(14,15)8-16(3-4-17)10-1-5-18-11(7-10)2-6-19-9-11/h10,17H,1-9H2. The normalized spacial score (nSPS) is 32.4. The van der Waals surface area contributed by atoms with Gasteiger partial charge in [-0.15, -0.1) is 0 Å². The summed E-state index contributed by atoms with van der Waals surface area (Å²) >= 11 is 1.80. The number of hydrogen-bond acceptors (Lipinski definition) is 4. The van der Waals surface area contributed by atoms with Gasteiger partial charge in [-0.25, -0.2) is 0 Å². The molecular weight excluding hydrogens is 279 g/mol. The average molecular weight is 299 g/mol. The number of halogens is 3. The van der Waals surface area contributed by atoms with E-state index < -0.39 is 12.7 Å². The largest absolute Gasteiger partial charge is 0.401 e. The second-order valence-corrected chi connectivity index (χ2v) is 6.40. The molecule has 0 radical (unpaired) electrons. The maximum Gasteiger partial charge on any atom is 0.401 e. The van der Waals surface area contributed by atoms with Crippen LogP contribution in [0.4, 0.5) is 13.2 Å².